The van der Waals surface area contributed by atoms with Crippen LogP contribution in [0.4, 0.5) is 0 Å². The van der Waals surface area contributed by atoms with Gasteiger partial charge in [0, 0.05) is 0 Å². The molecule has 0 aromatic rings. The van der Waals surface area contributed by atoms with E-state index in [1.54, 1.807) is 0 Å². The molecule has 1 rings (SSSR count). The van der Waals surface area contributed by atoms with Crippen LogP contribution in [0.5, 0.6) is 0 Å². The molecule has 0 bridgehead atoms. The van der Waals surface area contributed by atoms with Crippen LogP contribution in [0.3, 0.4) is 0 Å². The van der Waals surface area contributed by atoms with Crippen LogP contribution >= 0.6 is 0 Å². The summed E-state index contributed by atoms with van der Waals surface area (Å²) in [7, 11) is 0. The molecule has 0 radical (unpaired) electrons. The molecule has 1 unspecified atom stereocenters. The first-order valence-corrected chi connectivity index (χ1v) is 5.78. The van der Waals surface area contributed by atoms with Crippen molar-refractivity contribution in [3.05, 3.63) is 36.0 Å². The van der Waals surface area contributed by atoms with Gasteiger partial charge in [-0.05, 0) is 49.2 Å². The van der Waals surface area contributed by atoms with Crippen LogP contribution < -0.4 is 0 Å². The average molecular weight is 190 g/mol. The SMILES string of the molecule is C=C/C(CC)=C1\C(=C)CCCC1CC. The Kier molecular flexibility index (Phi) is 4.19. The fourth-order valence-electron chi connectivity index (χ4n) is 2.47. The summed E-state index contributed by atoms with van der Waals surface area (Å²) in [6.07, 6.45) is 8.19. The van der Waals surface area contributed by atoms with Crippen molar-refractivity contribution in [1.29, 1.82) is 0 Å². The molecule has 1 atom stereocenters. The minimum atomic E-state index is 0.740. The lowest BCUT2D eigenvalue weighted by molar-refractivity contribution is 0.484. The lowest BCUT2D eigenvalue weighted by Gasteiger charge is -2.28. The highest BCUT2D eigenvalue weighted by Gasteiger charge is 2.21. The van der Waals surface area contributed by atoms with Crippen molar-refractivity contribution in [3.63, 3.8) is 0 Å². The van der Waals surface area contributed by atoms with Crippen LogP contribution in [0.25, 0.3) is 0 Å². The van der Waals surface area contributed by atoms with E-state index in [0.717, 1.165) is 12.3 Å². The van der Waals surface area contributed by atoms with E-state index < -0.39 is 0 Å². The molecule has 0 amide bonds. The number of hydrogen-bond donors (Lipinski definition) is 0. The second-order valence-corrected chi connectivity index (χ2v) is 4.10. The summed E-state index contributed by atoms with van der Waals surface area (Å²) in [5, 5.41) is 0. The Hall–Kier alpha value is -0.780. The maximum absolute atomic E-state index is 4.20. The standard InChI is InChI=1S/C14H22/c1-5-12(6-2)14-11(4)9-8-10-13(14)7-3/h5,13H,1,4,6-10H2,2-3H3/b14-12-. The van der Waals surface area contributed by atoms with Gasteiger partial charge < -0.3 is 0 Å². The highest BCUT2D eigenvalue weighted by atomic mass is 14.3. The molecule has 0 aromatic heterocycles. The monoisotopic (exact) mass is 190 g/mol. The van der Waals surface area contributed by atoms with Gasteiger partial charge in [0.2, 0.25) is 0 Å². The van der Waals surface area contributed by atoms with Gasteiger partial charge >= 0.3 is 0 Å². The topological polar surface area (TPSA) is 0 Å². The third kappa shape index (κ3) is 2.17. The first-order valence-electron chi connectivity index (χ1n) is 5.78. The summed E-state index contributed by atoms with van der Waals surface area (Å²) in [6.45, 7) is 12.6. The Morgan fingerprint density at radius 2 is 2.21 bits per heavy atom. The van der Waals surface area contributed by atoms with Crippen molar-refractivity contribution < 1.29 is 0 Å². The van der Waals surface area contributed by atoms with E-state index in [-0.39, 0.29) is 0 Å². The predicted octanol–water partition coefficient (Wildman–Crippen LogP) is 4.65. The van der Waals surface area contributed by atoms with Gasteiger partial charge in [-0.15, -0.1) is 0 Å². The van der Waals surface area contributed by atoms with E-state index in [2.05, 4.69) is 27.0 Å². The first-order chi connectivity index (χ1) is 6.74. The zero-order valence-electron chi connectivity index (χ0n) is 9.60. The molecule has 0 nitrogen and oxygen atoms in total. The van der Waals surface area contributed by atoms with Gasteiger partial charge in [0.15, 0.2) is 0 Å². The highest BCUT2D eigenvalue weighted by Crippen LogP contribution is 2.37. The van der Waals surface area contributed by atoms with Crippen molar-refractivity contribution in [2.75, 3.05) is 0 Å². The maximum Gasteiger partial charge on any atom is -0.0159 e. The molecule has 0 aromatic carbocycles. The van der Waals surface area contributed by atoms with Crippen LogP contribution in [0, 0.1) is 5.92 Å². The molecule has 0 heterocycles. The molecular formula is C14H22. The van der Waals surface area contributed by atoms with Gasteiger partial charge in [0.25, 0.3) is 0 Å². The molecule has 0 heteroatoms. The third-order valence-corrected chi connectivity index (χ3v) is 3.29. The van der Waals surface area contributed by atoms with Gasteiger partial charge in [-0.25, -0.2) is 0 Å². The van der Waals surface area contributed by atoms with Gasteiger partial charge in [0.05, 0.1) is 0 Å². The Morgan fingerprint density at radius 3 is 2.71 bits per heavy atom. The number of rotatable bonds is 3. The average Bonchev–Trinajstić information content (AvgIpc) is 2.22. The van der Waals surface area contributed by atoms with Gasteiger partial charge in [-0.3, -0.25) is 0 Å². The zero-order valence-corrected chi connectivity index (χ0v) is 9.60. The van der Waals surface area contributed by atoms with Crippen LogP contribution in [-0.4, -0.2) is 0 Å². The van der Waals surface area contributed by atoms with Crippen molar-refractivity contribution in [3.8, 4) is 0 Å². The largest absolute Gasteiger partial charge is 0.0988 e. The number of hydrogen-bond acceptors (Lipinski definition) is 0. The van der Waals surface area contributed by atoms with E-state index in [9.17, 15) is 0 Å². The predicted molar refractivity (Wildman–Crippen MR) is 64.3 cm³/mol. The van der Waals surface area contributed by atoms with E-state index in [1.165, 1.54) is 42.4 Å². The summed E-state index contributed by atoms with van der Waals surface area (Å²) in [6, 6.07) is 0. The van der Waals surface area contributed by atoms with Crippen LogP contribution in [-0.2, 0) is 0 Å². The van der Waals surface area contributed by atoms with E-state index in [1.807, 2.05) is 6.08 Å². The molecular weight excluding hydrogens is 168 g/mol. The summed E-state index contributed by atoms with van der Waals surface area (Å²) < 4.78 is 0. The molecule has 0 N–H and O–H groups in total. The van der Waals surface area contributed by atoms with Gasteiger partial charge in [-0.1, -0.05) is 38.7 Å². The first kappa shape index (κ1) is 11.3. The number of allylic oxidation sites excluding steroid dienone is 4. The Morgan fingerprint density at radius 1 is 1.50 bits per heavy atom. The van der Waals surface area contributed by atoms with Crippen molar-refractivity contribution >= 4 is 0 Å². The van der Waals surface area contributed by atoms with Gasteiger partial charge in [-0.2, -0.15) is 0 Å². The second kappa shape index (κ2) is 5.19. The Bertz CT molecular complexity index is 255. The van der Waals surface area contributed by atoms with Crippen LogP contribution in [0.15, 0.2) is 36.0 Å². The second-order valence-electron chi connectivity index (χ2n) is 4.10. The summed E-state index contributed by atoms with van der Waals surface area (Å²) in [5.74, 6) is 0.740. The quantitative estimate of drug-likeness (QED) is 0.608. The smallest absolute Gasteiger partial charge is 0.0159 e. The molecule has 0 saturated heterocycles. The summed E-state index contributed by atoms with van der Waals surface area (Å²) in [5.41, 5.74) is 4.30. The molecule has 1 saturated carbocycles. The third-order valence-electron chi connectivity index (χ3n) is 3.29. The fourth-order valence-corrected chi connectivity index (χ4v) is 2.47. The molecule has 0 aliphatic heterocycles. The molecule has 14 heavy (non-hydrogen) atoms. The zero-order chi connectivity index (χ0) is 10.6. The lowest BCUT2D eigenvalue weighted by atomic mass is 9.77. The van der Waals surface area contributed by atoms with E-state index in [4.69, 9.17) is 0 Å². The minimum Gasteiger partial charge on any atom is -0.0988 e. The fraction of sp³-hybridized carbons (Fsp3) is 0.571. The molecule has 78 valence electrons. The Balaban J connectivity index is 3.04. The Labute approximate surface area is 88.4 Å². The summed E-state index contributed by atoms with van der Waals surface area (Å²) in [4.78, 5) is 0. The van der Waals surface area contributed by atoms with E-state index in [0.29, 0.717) is 0 Å². The molecule has 0 spiro atoms. The lowest BCUT2D eigenvalue weighted by Crippen LogP contribution is -2.13. The summed E-state index contributed by atoms with van der Waals surface area (Å²) >= 11 is 0. The minimum absolute atomic E-state index is 0.740. The van der Waals surface area contributed by atoms with E-state index >= 15 is 0 Å². The molecule has 1 fully saturated rings. The van der Waals surface area contributed by atoms with Crippen LogP contribution in [0.1, 0.15) is 46.0 Å². The van der Waals surface area contributed by atoms with Crippen molar-refractivity contribution in [2.24, 2.45) is 5.92 Å². The normalized spacial score (nSPS) is 26.1. The highest BCUT2D eigenvalue weighted by molar-refractivity contribution is 5.41. The van der Waals surface area contributed by atoms with Crippen molar-refractivity contribution in [2.45, 2.75) is 46.0 Å². The van der Waals surface area contributed by atoms with Crippen LogP contribution in [0.2, 0.25) is 0 Å². The van der Waals surface area contributed by atoms with Crippen molar-refractivity contribution in [1.82, 2.24) is 0 Å². The molecule has 1 aliphatic carbocycles. The van der Waals surface area contributed by atoms with Gasteiger partial charge in [0.1, 0.15) is 0 Å². The maximum atomic E-state index is 4.20. The molecule has 1 aliphatic rings.